The Kier molecular flexibility index (Phi) is 13.7. The molecule has 0 aliphatic rings. The van der Waals surface area contributed by atoms with E-state index >= 15 is 0 Å². The van der Waals surface area contributed by atoms with Gasteiger partial charge in [-0.1, -0.05) is 37.7 Å². The summed E-state index contributed by atoms with van der Waals surface area (Å²) >= 11 is 0. The van der Waals surface area contributed by atoms with Gasteiger partial charge in [-0.05, 0) is 39.2 Å². The Morgan fingerprint density at radius 3 is 2.56 bits per heavy atom. The Bertz CT molecular complexity index is 248. The van der Waals surface area contributed by atoms with Crippen molar-refractivity contribution in [1.82, 2.24) is 0 Å². The fraction of sp³-hybridized carbons (Fsp3) is 0.750. The van der Waals surface area contributed by atoms with Crippen LogP contribution in [0.2, 0.25) is 0 Å². The molecule has 0 rings (SSSR count). The van der Waals surface area contributed by atoms with E-state index in [1.54, 1.807) is 0 Å². The van der Waals surface area contributed by atoms with E-state index < -0.39 is 0 Å². The molecule has 0 aromatic carbocycles. The van der Waals surface area contributed by atoms with E-state index in [1.165, 1.54) is 19.3 Å². The van der Waals surface area contributed by atoms with Crippen LogP contribution in [0.4, 0.5) is 0 Å². The molecular weight excluding hydrogens is 224 g/mol. The van der Waals surface area contributed by atoms with E-state index in [-0.39, 0.29) is 6.29 Å². The summed E-state index contributed by atoms with van der Waals surface area (Å²) in [5, 5.41) is 0. The van der Waals surface area contributed by atoms with E-state index in [1.807, 2.05) is 19.9 Å². The molecule has 0 saturated carbocycles. The molecule has 0 N–H and O–H groups in total. The van der Waals surface area contributed by atoms with Crippen LogP contribution in [0.5, 0.6) is 0 Å². The molecule has 1 atom stereocenters. The van der Waals surface area contributed by atoms with Crippen molar-refractivity contribution >= 4 is 0 Å². The average molecular weight is 252 g/mol. The van der Waals surface area contributed by atoms with Crippen LogP contribution in [0.15, 0.2) is 12.2 Å². The molecule has 0 heterocycles. The van der Waals surface area contributed by atoms with Crippen molar-refractivity contribution in [3.05, 3.63) is 12.2 Å². The van der Waals surface area contributed by atoms with E-state index in [2.05, 4.69) is 24.8 Å². The summed E-state index contributed by atoms with van der Waals surface area (Å²) in [4.78, 5) is 0. The Morgan fingerprint density at radius 2 is 1.83 bits per heavy atom. The topological polar surface area (TPSA) is 18.5 Å². The minimum absolute atomic E-state index is 0.0601. The average Bonchev–Trinajstić information content (AvgIpc) is 2.36. The van der Waals surface area contributed by atoms with Crippen molar-refractivity contribution in [3.8, 4) is 11.8 Å². The second-order valence-corrected chi connectivity index (χ2v) is 4.17. The molecule has 0 radical (unpaired) electrons. The van der Waals surface area contributed by atoms with Gasteiger partial charge in [0, 0.05) is 19.6 Å². The van der Waals surface area contributed by atoms with Crippen LogP contribution in [0.25, 0.3) is 0 Å². The van der Waals surface area contributed by atoms with Crippen molar-refractivity contribution in [3.63, 3.8) is 0 Å². The molecule has 0 aromatic rings. The first-order chi connectivity index (χ1) is 8.81. The van der Waals surface area contributed by atoms with Crippen LogP contribution < -0.4 is 0 Å². The maximum atomic E-state index is 5.50. The highest BCUT2D eigenvalue weighted by atomic mass is 16.7. The lowest BCUT2D eigenvalue weighted by Gasteiger charge is -2.12. The maximum absolute atomic E-state index is 5.50. The molecule has 0 aliphatic carbocycles. The van der Waals surface area contributed by atoms with Gasteiger partial charge < -0.3 is 9.47 Å². The number of rotatable bonds is 10. The highest BCUT2D eigenvalue weighted by molar-refractivity contribution is 5.14. The first-order valence-corrected chi connectivity index (χ1v) is 7.17. The standard InChI is InChI=1S/C16H28O2/c1-4-6-7-8-9-10-11-12-13-14-15-18-16(3)17-5-2/h8-9,16H,4-5,10-15H2,1-3H3/b9-8+. The van der Waals surface area contributed by atoms with Crippen molar-refractivity contribution in [2.75, 3.05) is 13.2 Å². The smallest absolute Gasteiger partial charge is 0.154 e. The van der Waals surface area contributed by atoms with Crippen molar-refractivity contribution in [2.45, 2.75) is 65.6 Å². The van der Waals surface area contributed by atoms with Crippen LogP contribution in [0.3, 0.4) is 0 Å². The summed E-state index contributed by atoms with van der Waals surface area (Å²) in [6.45, 7) is 7.52. The van der Waals surface area contributed by atoms with E-state index in [0.717, 1.165) is 25.9 Å². The third-order valence-electron chi connectivity index (χ3n) is 2.50. The zero-order valence-electron chi connectivity index (χ0n) is 12.2. The summed E-state index contributed by atoms with van der Waals surface area (Å²) < 4.78 is 10.8. The summed E-state index contributed by atoms with van der Waals surface area (Å²) in [7, 11) is 0. The van der Waals surface area contributed by atoms with Crippen LogP contribution in [0.1, 0.15) is 59.3 Å². The Morgan fingerprint density at radius 1 is 1.06 bits per heavy atom. The summed E-state index contributed by atoms with van der Waals surface area (Å²) in [5.74, 6) is 6.03. The van der Waals surface area contributed by atoms with Gasteiger partial charge in [-0.25, -0.2) is 0 Å². The molecule has 0 aromatic heterocycles. The largest absolute Gasteiger partial charge is 0.353 e. The SMILES string of the molecule is CCC#C/C=C/CCCCCCOC(C)OCC. The summed E-state index contributed by atoms with van der Waals surface area (Å²) in [6.07, 6.45) is 11.0. The van der Waals surface area contributed by atoms with Gasteiger partial charge in [0.1, 0.15) is 0 Å². The molecule has 1 unspecified atom stereocenters. The van der Waals surface area contributed by atoms with Crippen LogP contribution >= 0.6 is 0 Å². The minimum atomic E-state index is -0.0601. The van der Waals surface area contributed by atoms with Crippen LogP contribution in [-0.2, 0) is 9.47 Å². The summed E-state index contributed by atoms with van der Waals surface area (Å²) in [5.41, 5.74) is 0. The quantitative estimate of drug-likeness (QED) is 0.328. The third-order valence-corrected chi connectivity index (χ3v) is 2.50. The monoisotopic (exact) mass is 252 g/mol. The number of hydrogen-bond acceptors (Lipinski definition) is 2. The molecule has 2 heteroatoms. The molecule has 0 bridgehead atoms. The molecule has 18 heavy (non-hydrogen) atoms. The van der Waals surface area contributed by atoms with Crippen molar-refractivity contribution in [1.29, 1.82) is 0 Å². The van der Waals surface area contributed by atoms with Gasteiger partial charge in [0.15, 0.2) is 6.29 Å². The predicted molar refractivity (Wildman–Crippen MR) is 77.3 cm³/mol. The van der Waals surface area contributed by atoms with Gasteiger partial charge in [-0.15, -0.1) is 0 Å². The predicted octanol–water partition coefficient (Wildman–Crippen LogP) is 4.31. The van der Waals surface area contributed by atoms with E-state index in [4.69, 9.17) is 9.47 Å². The maximum Gasteiger partial charge on any atom is 0.154 e. The number of ether oxygens (including phenoxy) is 2. The van der Waals surface area contributed by atoms with Gasteiger partial charge in [0.05, 0.1) is 0 Å². The lowest BCUT2D eigenvalue weighted by Crippen LogP contribution is -2.13. The van der Waals surface area contributed by atoms with E-state index in [9.17, 15) is 0 Å². The van der Waals surface area contributed by atoms with Gasteiger partial charge >= 0.3 is 0 Å². The molecular formula is C16H28O2. The Labute approximate surface area is 113 Å². The molecule has 104 valence electrons. The lowest BCUT2D eigenvalue weighted by atomic mass is 10.1. The molecule has 2 nitrogen and oxygen atoms in total. The van der Waals surface area contributed by atoms with Crippen molar-refractivity contribution in [2.24, 2.45) is 0 Å². The number of allylic oxidation sites excluding steroid dienone is 2. The fourth-order valence-electron chi connectivity index (χ4n) is 1.55. The van der Waals surface area contributed by atoms with Gasteiger partial charge in [0.2, 0.25) is 0 Å². The van der Waals surface area contributed by atoms with E-state index in [0.29, 0.717) is 6.61 Å². The molecule has 0 spiro atoms. The minimum Gasteiger partial charge on any atom is -0.353 e. The zero-order chi connectivity index (χ0) is 13.5. The number of hydrogen-bond donors (Lipinski definition) is 0. The molecule has 0 saturated heterocycles. The second-order valence-electron chi connectivity index (χ2n) is 4.17. The fourth-order valence-corrected chi connectivity index (χ4v) is 1.55. The molecule has 0 aliphatic heterocycles. The van der Waals surface area contributed by atoms with Gasteiger partial charge in [-0.2, -0.15) is 0 Å². The normalized spacial score (nSPS) is 12.4. The highest BCUT2D eigenvalue weighted by Gasteiger charge is 1.98. The number of unbranched alkanes of at least 4 members (excludes halogenated alkanes) is 4. The Hall–Kier alpha value is -0.780. The molecule has 0 amide bonds. The third kappa shape index (κ3) is 13.3. The molecule has 0 fully saturated rings. The van der Waals surface area contributed by atoms with Crippen LogP contribution in [-0.4, -0.2) is 19.5 Å². The highest BCUT2D eigenvalue weighted by Crippen LogP contribution is 2.05. The van der Waals surface area contributed by atoms with Gasteiger partial charge in [-0.3, -0.25) is 0 Å². The first-order valence-electron chi connectivity index (χ1n) is 7.17. The zero-order valence-corrected chi connectivity index (χ0v) is 12.2. The summed E-state index contributed by atoms with van der Waals surface area (Å²) in [6, 6.07) is 0. The van der Waals surface area contributed by atoms with Gasteiger partial charge in [0.25, 0.3) is 0 Å². The second kappa shape index (κ2) is 14.3. The first kappa shape index (κ1) is 17.2. The van der Waals surface area contributed by atoms with Crippen molar-refractivity contribution < 1.29 is 9.47 Å². The Balaban J connectivity index is 3.19. The lowest BCUT2D eigenvalue weighted by molar-refractivity contribution is -0.127. The van der Waals surface area contributed by atoms with Crippen LogP contribution in [0, 0.1) is 11.8 Å².